The first-order valence-electron chi connectivity index (χ1n) is 6.45. The van der Waals surface area contributed by atoms with Crippen LogP contribution < -0.4 is 5.32 Å². The summed E-state index contributed by atoms with van der Waals surface area (Å²) < 4.78 is 7.29. The summed E-state index contributed by atoms with van der Waals surface area (Å²) in [5.41, 5.74) is 3.17. The number of aryl methyl sites for hydroxylation is 3. The first kappa shape index (κ1) is 14.1. The van der Waals surface area contributed by atoms with Gasteiger partial charge in [-0.1, -0.05) is 6.92 Å². The van der Waals surface area contributed by atoms with Crippen molar-refractivity contribution in [2.75, 3.05) is 6.54 Å². The first-order chi connectivity index (χ1) is 9.11. The number of nitrogens with one attached hydrogen (secondary N) is 1. The van der Waals surface area contributed by atoms with Crippen LogP contribution in [0.1, 0.15) is 30.3 Å². The van der Waals surface area contributed by atoms with E-state index in [4.69, 9.17) is 4.42 Å². The van der Waals surface area contributed by atoms with Gasteiger partial charge in [-0.15, -0.1) is 0 Å². The third-order valence-electron chi connectivity index (χ3n) is 2.80. The SMILES string of the molecule is CCCNCc1c(C)nn(C)c1Sc1nc(C)co1. The number of rotatable bonds is 6. The summed E-state index contributed by atoms with van der Waals surface area (Å²) in [5, 5.41) is 9.65. The molecule has 0 bridgehead atoms. The quantitative estimate of drug-likeness (QED) is 0.824. The van der Waals surface area contributed by atoms with E-state index in [0.29, 0.717) is 5.22 Å². The normalized spacial score (nSPS) is 11.2. The number of hydrogen-bond acceptors (Lipinski definition) is 5. The summed E-state index contributed by atoms with van der Waals surface area (Å²) in [4.78, 5) is 4.33. The second-order valence-corrected chi connectivity index (χ2v) is 5.47. The molecule has 0 amide bonds. The van der Waals surface area contributed by atoms with Crippen molar-refractivity contribution in [1.82, 2.24) is 20.1 Å². The van der Waals surface area contributed by atoms with Crippen LogP contribution in [0.5, 0.6) is 0 Å². The van der Waals surface area contributed by atoms with Gasteiger partial charge in [-0.2, -0.15) is 5.10 Å². The zero-order valence-corrected chi connectivity index (χ0v) is 12.7. The summed E-state index contributed by atoms with van der Waals surface area (Å²) in [6, 6.07) is 0. The minimum Gasteiger partial charge on any atom is -0.439 e. The van der Waals surface area contributed by atoms with Crippen LogP contribution in [0.15, 0.2) is 20.9 Å². The molecule has 5 nitrogen and oxygen atoms in total. The van der Waals surface area contributed by atoms with Crippen LogP contribution in [0.25, 0.3) is 0 Å². The Hall–Kier alpha value is -1.27. The fraction of sp³-hybridized carbons (Fsp3) is 0.538. The summed E-state index contributed by atoms with van der Waals surface area (Å²) in [6.45, 7) is 7.96. The molecule has 2 heterocycles. The third kappa shape index (κ3) is 3.39. The van der Waals surface area contributed by atoms with E-state index in [1.807, 2.05) is 25.6 Å². The topological polar surface area (TPSA) is 55.9 Å². The van der Waals surface area contributed by atoms with E-state index in [-0.39, 0.29) is 0 Å². The molecule has 2 rings (SSSR count). The molecule has 0 atom stereocenters. The van der Waals surface area contributed by atoms with Crippen molar-refractivity contribution in [3.8, 4) is 0 Å². The van der Waals surface area contributed by atoms with E-state index in [9.17, 15) is 0 Å². The van der Waals surface area contributed by atoms with Crippen LogP contribution in [-0.4, -0.2) is 21.3 Å². The molecule has 19 heavy (non-hydrogen) atoms. The Morgan fingerprint density at radius 2 is 2.21 bits per heavy atom. The smallest absolute Gasteiger partial charge is 0.262 e. The second kappa shape index (κ2) is 6.25. The maximum atomic E-state index is 5.40. The molecule has 0 saturated heterocycles. The van der Waals surface area contributed by atoms with Gasteiger partial charge in [0.2, 0.25) is 0 Å². The van der Waals surface area contributed by atoms with Gasteiger partial charge in [0, 0.05) is 19.2 Å². The molecule has 0 aliphatic carbocycles. The standard InChI is InChI=1S/C13H20N4OS/c1-5-6-14-7-11-10(3)16-17(4)12(11)19-13-15-9(2)8-18-13/h8,14H,5-7H2,1-4H3. The van der Waals surface area contributed by atoms with Gasteiger partial charge in [0.15, 0.2) is 0 Å². The molecule has 0 aliphatic heterocycles. The van der Waals surface area contributed by atoms with Crippen molar-refractivity contribution in [2.45, 2.75) is 44.0 Å². The molecule has 0 aliphatic rings. The predicted octanol–water partition coefficient (Wildman–Crippen LogP) is 2.68. The summed E-state index contributed by atoms with van der Waals surface area (Å²) in [6.07, 6.45) is 2.79. The van der Waals surface area contributed by atoms with Crippen molar-refractivity contribution < 1.29 is 4.42 Å². The average Bonchev–Trinajstić information content (AvgIpc) is 2.88. The fourth-order valence-electron chi connectivity index (χ4n) is 1.86. The number of oxazole rings is 1. The van der Waals surface area contributed by atoms with Crippen molar-refractivity contribution in [3.05, 3.63) is 23.2 Å². The van der Waals surface area contributed by atoms with Crippen LogP contribution in [0.3, 0.4) is 0 Å². The van der Waals surface area contributed by atoms with Gasteiger partial charge in [-0.25, -0.2) is 4.98 Å². The Morgan fingerprint density at radius 3 is 2.84 bits per heavy atom. The third-order valence-corrected chi connectivity index (χ3v) is 3.87. The lowest BCUT2D eigenvalue weighted by molar-refractivity contribution is 0.453. The molecule has 0 fully saturated rings. The van der Waals surface area contributed by atoms with Crippen molar-refractivity contribution >= 4 is 11.8 Å². The largest absolute Gasteiger partial charge is 0.439 e. The molecule has 0 radical (unpaired) electrons. The molecular formula is C13H20N4OS. The lowest BCUT2D eigenvalue weighted by Crippen LogP contribution is -2.14. The van der Waals surface area contributed by atoms with Gasteiger partial charge in [0.25, 0.3) is 5.22 Å². The van der Waals surface area contributed by atoms with Gasteiger partial charge in [0.05, 0.1) is 11.4 Å². The first-order valence-corrected chi connectivity index (χ1v) is 7.26. The molecule has 0 aromatic carbocycles. The Bertz CT molecular complexity index is 547. The minimum absolute atomic E-state index is 0.664. The Morgan fingerprint density at radius 1 is 1.42 bits per heavy atom. The van der Waals surface area contributed by atoms with Gasteiger partial charge < -0.3 is 9.73 Å². The number of aromatic nitrogens is 3. The maximum Gasteiger partial charge on any atom is 0.262 e. The van der Waals surface area contributed by atoms with Crippen LogP contribution in [0, 0.1) is 13.8 Å². The molecule has 1 N–H and O–H groups in total. The highest BCUT2D eigenvalue weighted by atomic mass is 32.2. The van der Waals surface area contributed by atoms with Gasteiger partial charge in [-0.05, 0) is 38.6 Å². The van der Waals surface area contributed by atoms with Crippen molar-refractivity contribution in [3.63, 3.8) is 0 Å². The van der Waals surface area contributed by atoms with Crippen LogP contribution in [-0.2, 0) is 13.6 Å². The van der Waals surface area contributed by atoms with Crippen molar-refractivity contribution in [2.24, 2.45) is 7.05 Å². The Labute approximate surface area is 117 Å². The average molecular weight is 280 g/mol. The van der Waals surface area contributed by atoms with E-state index >= 15 is 0 Å². The van der Waals surface area contributed by atoms with Gasteiger partial charge in [0.1, 0.15) is 11.3 Å². The van der Waals surface area contributed by atoms with E-state index in [1.54, 1.807) is 6.26 Å². The molecule has 0 spiro atoms. The number of hydrogen-bond donors (Lipinski definition) is 1. The molecule has 2 aromatic heterocycles. The van der Waals surface area contributed by atoms with Crippen LogP contribution in [0.2, 0.25) is 0 Å². The molecule has 0 saturated carbocycles. The van der Waals surface area contributed by atoms with Gasteiger partial charge >= 0.3 is 0 Å². The van der Waals surface area contributed by atoms with Gasteiger partial charge in [-0.3, -0.25) is 4.68 Å². The minimum atomic E-state index is 0.664. The molecule has 2 aromatic rings. The molecule has 0 unspecified atom stereocenters. The van der Waals surface area contributed by atoms with Crippen molar-refractivity contribution in [1.29, 1.82) is 0 Å². The highest BCUT2D eigenvalue weighted by molar-refractivity contribution is 7.99. The monoisotopic (exact) mass is 280 g/mol. The predicted molar refractivity (Wildman–Crippen MR) is 75.3 cm³/mol. The summed E-state index contributed by atoms with van der Waals surface area (Å²) in [7, 11) is 1.95. The highest BCUT2D eigenvalue weighted by Gasteiger charge is 2.16. The summed E-state index contributed by atoms with van der Waals surface area (Å²) in [5.74, 6) is 0. The highest BCUT2D eigenvalue weighted by Crippen LogP contribution is 2.31. The fourth-order valence-corrected chi connectivity index (χ4v) is 2.83. The second-order valence-electron chi connectivity index (χ2n) is 4.53. The zero-order valence-electron chi connectivity index (χ0n) is 11.9. The van der Waals surface area contributed by atoms with Crippen LogP contribution in [0.4, 0.5) is 0 Å². The van der Waals surface area contributed by atoms with E-state index in [1.165, 1.54) is 17.3 Å². The summed E-state index contributed by atoms with van der Waals surface area (Å²) >= 11 is 1.52. The molecule has 104 valence electrons. The Kier molecular flexibility index (Phi) is 4.66. The Balaban J connectivity index is 2.18. The van der Waals surface area contributed by atoms with E-state index < -0.39 is 0 Å². The lowest BCUT2D eigenvalue weighted by atomic mass is 10.2. The molecular weight excluding hydrogens is 260 g/mol. The lowest BCUT2D eigenvalue weighted by Gasteiger charge is -2.05. The number of nitrogens with zero attached hydrogens (tertiary/aromatic N) is 3. The van der Waals surface area contributed by atoms with Crippen LogP contribution >= 0.6 is 11.8 Å². The maximum absolute atomic E-state index is 5.40. The zero-order chi connectivity index (χ0) is 13.8. The van der Waals surface area contributed by atoms with E-state index in [0.717, 1.165) is 35.9 Å². The molecule has 6 heteroatoms. The van der Waals surface area contributed by atoms with E-state index in [2.05, 4.69) is 22.3 Å².